The number of hydrogen-bond donors (Lipinski definition) is 0. The molecule has 0 aliphatic carbocycles. The first-order valence-corrected chi connectivity index (χ1v) is 8.63. The molecule has 8 nitrogen and oxygen atoms in total. The summed E-state index contributed by atoms with van der Waals surface area (Å²) in [7, 11) is -2.92. The molecule has 0 aliphatic heterocycles. The second-order valence-corrected chi connectivity index (χ2v) is 6.74. The Bertz CT molecular complexity index is 802. The molecule has 0 saturated heterocycles. The van der Waals surface area contributed by atoms with Crippen molar-refractivity contribution in [3.63, 3.8) is 0 Å². The number of non-ortho nitro benzene ring substituents is 1. The summed E-state index contributed by atoms with van der Waals surface area (Å²) in [6.45, 7) is 1.39. The fraction of sp³-hybridized carbons (Fsp3) is 0.188. The van der Waals surface area contributed by atoms with E-state index in [0.29, 0.717) is 5.56 Å². The van der Waals surface area contributed by atoms with Gasteiger partial charge in [-0.1, -0.05) is 29.8 Å². The average Bonchev–Trinajstić information content (AvgIpc) is 2.61. The molecule has 2 rings (SSSR count). The Morgan fingerprint density at radius 1 is 1.12 bits per heavy atom. The van der Waals surface area contributed by atoms with E-state index in [9.17, 15) is 19.5 Å². The molecule has 1 unspecified atom stereocenters. The van der Waals surface area contributed by atoms with Gasteiger partial charge in [0.25, 0.3) is 5.69 Å². The molecule has 0 N–H and O–H groups in total. The highest BCUT2D eigenvalue weighted by Crippen LogP contribution is 2.48. The average molecular weight is 365 g/mol. The van der Waals surface area contributed by atoms with Crippen molar-refractivity contribution < 1.29 is 27.9 Å². The number of nitrogens with zero attached hydrogens (tertiary/aromatic N) is 1. The maximum atomic E-state index is 12.4. The van der Waals surface area contributed by atoms with E-state index in [1.54, 1.807) is 24.3 Å². The van der Waals surface area contributed by atoms with Crippen LogP contribution in [-0.2, 0) is 13.6 Å². The molecule has 1 atom stereocenters. The summed E-state index contributed by atoms with van der Waals surface area (Å²) in [5.41, 5.74) is 1.26. The molecule has 9 heteroatoms. The van der Waals surface area contributed by atoms with E-state index in [-0.39, 0.29) is 17.2 Å². The minimum Gasteiger partial charge on any atom is -0.404 e. The van der Waals surface area contributed by atoms with Gasteiger partial charge in [0.05, 0.1) is 4.92 Å². The number of ketones is 1. The van der Waals surface area contributed by atoms with Gasteiger partial charge in [0, 0.05) is 24.8 Å². The number of carbonyl (C=O) groups excluding carboxylic acids is 1. The molecule has 0 bridgehead atoms. The predicted molar refractivity (Wildman–Crippen MR) is 89.8 cm³/mol. The summed E-state index contributed by atoms with van der Waals surface area (Å²) in [6, 6.07) is 11.7. The Morgan fingerprint density at radius 2 is 1.72 bits per heavy atom. The number of aryl methyl sites for hydroxylation is 1. The Morgan fingerprint density at radius 3 is 2.24 bits per heavy atom. The molecule has 2 aromatic rings. The molecule has 0 saturated carbocycles. The molecule has 0 aromatic heterocycles. The van der Waals surface area contributed by atoms with E-state index in [1.807, 2.05) is 6.92 Å². The lowest BCUT2D eigenvalue weighted by molar-refractivity contribution is -0.384. The topological polar surface area (TPSA) is 105 Å². The molecular weight excluding hydrogens is 349 g/mol. The van der Waals surface area contributed by atoms with Crippen molar-refractivity contribution in [2.75, 3.05) is 13.7 Å². The summed E-state index contributed by atoms with van der Waals surface area (Å²) in [5.74, 6) is -0.330. The molecule has 0 heterocycles. The van der Waals surface area contributed by atoms with Gasteiger partial charge < -0.3 is 4.52 Å². The van der Waals surface area contributed by atoms with Crippen molar-refractivity contribution in [3.05, 3.63) is 69.8 Å². The van der Waals surface area contributed by atoms with E-state index in [4.69, 9.17) is 13.6 Å². The zero-order valence-electron chi connectivity index (χ0n) is 13.6. The maximum Gasteiger partial charge on any atom is 0.530 e. The number of nitro groups is 1. The van der Waals surface area contributed by atoms with Crippen molar-refractivity contribution in [1.82, 2.24) is 0 Å². The largest absolute Gasteiger partial charge is 0.530 e. The molecule has 25 heavy (non-hydrogen) atoms. The SMILES string of the molecule is COP(=O)(OCC(=O)c1ccc(C)cc1)Oc1ccc([N+](=O)[O-])cc1. The summed E-state index contributed by atoms with van der Waals surface area (Å²) >= 11 is 0. The van der Waals surface area contributed by atoms with E-state index < -0.39 is 19.4 Å². The van der Waals surface area contributed by atoms with Gasteiger partial charge in [-0.3, -0.25) is 24.0 Å². The second-order valence-electron chi connectivity index (χ2n) is 5.03. The number of benzene rings is 2. The third-order valence-corrected chi connectivity index (χ3v) is 4.54. The van der Waals surface area contributed by atoms with Gasteiger partial charge in [-0.2, -0.15) is 0 Å². The first kappa shape index (κ1) is 18.8. The highest BCUT2D eigenvalue weighted by Gasteiger charge is 2.28. The fourth-order valence-corrected chi connectivity index (χ4v) is 2.72. The normalized spacial score (nSPS) is 13.0. The summed E-state index contributed by atoms with van der Waals surface area (Å²) in [4.78, 5) is 22.1. The maximum absolute atomic E-state index is 12.4. The second kappa shape index (κ2) is 8.02. The fourth-order valence-electron chi connectivity index (χ4n) is 1.83. The molecule has 2 aromatic carbocycles. The Labute approximate surface area is 144 Å². The third-order valence-electron chi connectivity index (χ3n) is 3.22. The highest BCUT2D eigenvalue weighted by atomic mass is 31.2. The van der Waals surface area contributed by atoms with Crippen molar-refractivity contribution >= 4 is 19.3 Å². The Kier molecular flexibility index (Phi) is 6.03. The number of Topliss-reactive ketones (excluding diaryl/α,β-unsaturated/α-hetero) is 1. The van der Waals surface area contributed by atoms with Crippen molar-refractivity contribution in [1.29, 1.82) is 0 Å². The zero-order valence-corrected chi connectivity index (χ0v) is 14.5. The van der Waals surface area contributed by atoms with Gasteiger partial charge in [0.15, 0.2) is 5.78 Å². The van der Waals surface area contributed by atoms with Crippen LogP contribution >= 0.6 is 7.82 Å². The van der Waals surface area contributed by atoms with Crippen LogP contribution in [0.3, 0.4) is 0 Å². The number of phosphoric acid groups is 1. The smallest absolute Gasteiger partial charge is 0.404 e. The molecule has 0 aliphatic rings. The van der Waals surface area contributed by atoms with Crippen LogP contribution in [0.25, 0.3) is 0 Å². The van der Waals surface area contributed by atoms with E-state index in [0.717, 1.165) is 12.7 Å². The number of carbonyl (C=O) groups is 1. The number of nitro benzene ring substituents is 1. The quantitative estimate of drug-likeness (QED) is 0.302. The van der Waals surface area contributed by atoms with Gasteiger partial charge in [0.1, 0.15) is 12.4 Å². The highest BCUT2D eigenvalue weighted by molar-refractivity contribution is 7.48. The number of rotatable bonds is 8. The van der Waals surface area contributed by atoms with Crippen LogP contribution in [0.15, 0.2) is 48.5 Å². The van der Waals surface area contributed by atoms with Crippen LogP contribution in [0.4, 0.5) is 5.69 Å². The number of hydrogen-bond acceptors (Lipinski definition) is 7. The first-order chi connectivity index (χ1) is 11.8. The van der Waals surface area contributed by atoms with Gasteiger partial charge in [-0.05, 0) is 19.1 Å². The monoisotopic (exact) mass is 365 g/mol. The summed E-state index contributed by atoms with van der Waals surface area (Å²) < 4.78 is 27.3. The van der Waals surface area contributed by atoms with Crippen molar-refractivity contribution in [2.45, 2.75) is 6.92 Å². The molecular formula is C16H16NO7P. The summed E-state index contributed by atoms with van der Waals surface area (Å²) in [6.07, 6.45) is 0. The summed E-state index contributed by atoms with van der Waals surface area (Å²) in [5, 5.41) is 10.6. The lowest BCUT2D eigenvalue weighted by Gasteiger charge is -2.16. The van der Waals surface area contributed by atoms with E-state index in [2.05, 4.69) is 0 Å². The minimum absolute atomic E-state index is 0.0542. The lowest BCUT2D eigenvalue weighted by atomic mass is 10.1. The van der Waals surface area contributed by atoms with Gasteiger partial charge in [-0.25, -0.2) is 4.57 Å². The number of phosphoric ester groups is 1. The van der Waals surface area contributed by atoms with Crippen molar-refractivity contribution in [3.8, 4) is 5.75 Å². The Balaban J connectivity index is 2.01. The van der Waals surface area contributed by atoms with Gasteiger partial charge in [-0.15, -0.1) is 0 Å². The van der Waals surface area contributed by atoms with Gasteiger partial charge >= 0.3 is 7.82 Å². The minimum atomic E-state index is -4.04. The van der Waals surface area contributed by atoms with Crippen LogP contribution in [0.1, 0.15) is 15.9 Å². The van der Waals surface area contributed by atoms with Crippen LogP contribution in [0.2, 0.25) is 0 Å². The molecule has 0 amide bonds. The predicted octanol–water partition coefficient (Wildman–Crippen LogP) is 3.94. The van der Waals surface area contributed by atoms with E-state index >= 15 is 0 Å². The van der Waals surface area contributed by atoms with Crippen molar-refractivity contribution in [2.24, 2.45) is 0 Å². The third kappa shape index (κ3) is 5.22. The Hall–Kier alpha value is -2.54. The van der Waals surface area contributed by atoms with Crippen LogP contribution in [0.5, 0.6) is 5.75 Å². The molecule has 132 valence electrons. The standard InChI is InChI=1S/C16H16NO7P/c1-12-3-5-13(6-4-12)16(18)11-23-25(21,22-2)24-15-9-7-14(8-10-15)17(19)20/h3-10H,11H2,1-2H3. The molecule has 0 radical (unpaired) electrons. The molecule has 0 fully saturated rings. The first-order valence-electron chi connectivity index (χ1n) is 7.17. The van der Waals surface area contributed by atoms with Gasteiger partial charge in [0.2, 0.25) is 0 Å². The van der Waals surface area contributed by atoms with Crippen LogP contribution < -0.4 is 4.52 Å². The zero-order chi connectivity index (χ0) is 18.4. The lowest BCUT2D eigenvalue weighted by Crippen LogP contribution is -2.10. The van der Waals surface area contributed by atoms with Crippen LogP contribution in [0, 0.1) is 17.0 Å². The van der Waals surface area contributed by atoms with Crippen LogP contribution in [-0.4, -0.2) is 24.4 Å². The molecule has 0 spiro atoms. The van der Waals surface area contributed by atoms with E-state index in [1.165, 1.54) is 24.3 Å².